The topological polar surface area (TPSA) is 95.9 Å². The summed E-state index contributed by atoms with van der Waals surface area (Å²) in [6.07, 6.45) is -1.33. The highest BCUT2D eigenvalue weighted by atomic mass is 16.6. The summed E-state index contributed by atoms with van der Waals surface area (Å²) in [6.45, 7) is 5.02. The average Bonchev–Trinajstić information content (AvgIpc) is 2.41. The van der Waals surface area contributed by atoms with E-state index in [0.717, 1.165) is 5.56 Å². The zero-order valence-electron chi connectivity index (χ0n) is 13.1. The van der Waals surface area contributed by atoms with Crippen molar-refractivity contribution in [3.8, 4) is 0 Å². The molecule has 122 valence electrons. The summed E-state index contributed by atoms with van der Waals surface area (Å²) in [4.78, 5) is 22.9. The first kappa shape index (κ1) is 18.0. The fraction of sp³-hybridized carbons (Fsp3) is 0.500. The Morgan fingerprint density at radius 1 is 1.23 bits per heavy atom. The molecule has 1 aromatic carbocycles. The van der Waals surface area contributed by atoms with Gasteiger partial charge in [0.2, 0.25) is 0 Å². The van der Waals surface area contributed by atoms with Crippen LogP contribution in [0.4, 0.5) is 4.79 Å². The van der Waals surface area contributed by atoms with Crippen molar-refractivity contribution in [1.29, 1.82) is 0 Å². The minimum absolute atomic E-state index is 0.219. The summed E-state index contributed by atoms with van der Waals surface area (Å²) < 4.78 is 5.01. The van der Waals surface area contributed by atoms with Crippen LogP contribution in [-0.4, -0.2) is 40.0 Å². The highest BCUT2D eigenvalue weighted by Crippen LogP contribution is 2.10. The molecule has 22 heavy (non-hydrogen) atoms. The third-order valence-corrected chi connectivity index (χ3v) is 2.89. The van der Waals surface area contributed by atoms with Crippen LogP contribution in [-0.2, 0) is 16.0 Å². The predicted molar refractivity (Wildman–Crippen MR) is 81.6 cm³/mol. The van der Waals surface area contributed by atoms with Crippen molar-refractivity contribution < 1.29 is 24.5 Å². The van der Waals surface area contributed by atoms with E-state index in [-0.39, 0.29) is 6.42 Å². The van der Waals surface area contributed by atoms with Gasteiger partial charge in [0.25, 0.3) is 0 Å². The van der Waals surface area contributed by atoms with Crippen molar-refractivity contribution in [2.75, 3.05) is 0 Å². The van der Waals surface area contributed by atoms with Crippen LogP contribution in [0.15, 0.2) is 30.3 Å². The first-order chi connectivity index (χ1) is 10.2. The molecule has 0 radical (unpaired) electrons. The van der Waals surface area contributed by atoms with Crippen LogP contribution in [0.3, 0.4) is 0 Å². The van der Waals surface area contributed by atoms with Gasteiger partial charge in [0, 0.05) is 0 Å². The maximum Gasteiger partial charge on any atom is 0.408 e. The van der Waals surface area contributed by atoms with Gasteiger partial charge in [-0.3, -0.25) is 0 Å². The number of amides is 1. The molecule has 2 unspecified atom stereocenters. The van der Waals surface area contributed by atoms with Gasteiger partial charge in [-0.25, -0.2) is 9.59 Å². The summed E-state index contributed by atoms with van der Waals surface area (Å²) in [6, 6.07) is 8.00. The van der Waals surface area contributed by atoms with E-state index >= 15 is 0 Å². The Bertz CT molecular complexity index is 495. The van der Waals surface area contributed by atoms with Crippen LogP contribution < -0.4 is 5.32 Å². The molecule has 1 aromatic rings. The van der Waals surface area contributed by atoms with Crippen molar-refractivity contribution >= 4 is 12.1 Å². The third-order valence-electron chi connectivity index (χ3n) is 2.89. The van der Waals surface area contributed by atoms with Crippen LogP contribution in [0.2, 0.25) is 0 Å². The summed E-state index contributed by atoms with van der Waals surface area (Å²) in [5, 5.41) is 21.4. The number of hydrogen-bond acceptors (Lipinski definition) is 4. The number of nitrogens with one attached hydrogen (secondary N) is 1. The van der Waals surface area contributed by atoms with Gasteiger partial charge in [-0.15, -0.1) is 0 Å². The fourth-order valence-corrected chi connectivity index (χ4v) is 1.88. The molecule has 3 N–H and O–H groups in total. The Hall–Kier alpha value is -2.08. The molecule has 0 aromatic heterocycles. The summed E-state index contributed by atoms with van der Waals surface area (Å²) in [5.41, 5.74) is 0.255. The largest absolute Gasteiger partial charge is 0.480 e. The van der Waals surface area contributed by atoms with Gasteiger partial charge in [0.05, 0.1) is 6.10 Å². The molecule has 6 nitrogen and oxygen atoms in total. The van der Waals surface area contributed by atoms with E-state index in [4.69, 9.17) is 9.84 Å². The van der Waals surface area contributed by atoms with E-state index < -0.39 is 29.8 Å². The third kappa shape index (κ3) is 6.58. The highest BCUT2D eigenvalue weighted by Gasteiger charge is 2.30. The van der Waals surface area contributed by atoms with E-state index in [2.05, 4.69) is 5.32 Å². The number of benzene rings is 1. The summed E-state index contributed by atoms with van der Waals surface area (Å²) >= 11 is 0. The summed E-state index contributed by atoms with van der Waals surface area (Å²) in [5.74, 6) is -1.30. The second-order valence-electron chi connectivity index (χ2n) is 6.05. The minimum Gasteiger partial charge on any atom is -0.480 e. The van der Waals surface area contributed by atoms with E-state index in [1.807, 2.05) is 30.3 Å². The lowest BCUT2D eigenvalue weighted by Crippen LogP contribution is -2.50. The van der Waals surface area contributed by atoms with Crippen molar-refractivity contribution in [2.45, 2.75) is 51.4 Å². The Morgan fingerprint density at radius 2 is 1.82 bits per heavy atom. The molecule has 0 heterocycles. The molecule has 1 rings (SSSR count). The average molecular weight is 309 g/mol. The molecule has 0 saturated heterocycles. The maximum absolute atomic E-state index is 11.6. The van der Waals surface area contributed by atoms with Crippen molar-refractivity contribution in [2.24, 2.45) is 0 Å². The number of alkyl carbamates (subject to hydrolysis) is 1. The standard InChI is InChI=1S/C16H23NO5/c1-16(2,3)22-15(21)17-13(14(19)20)12(18)10-9-11-7-5-4-6-8-11/h4-8,12-13,18H,9-10H2,1-3H3,(H,17,21)(H,19,20). The molecule has 6 heteroatoms. The zero-order chi connectivity index (χ0) is 16.8. The maximum atomic E-state index is 11.6. The SMILES string of the molecule is CC(C)(C)OC(=O)NC(C(=O)O)C(O)CCc1ccccc1. The molecule has 0 aliphatic carbocycles. The number of rotatable bonds is 6. The molecular weight excluding hydrogens is 286 g/mol. The molecule has 0 spiro atoms. The van der Waals surface area contributed by atoms with Gasteiger partial charge >= 0.3 is 12.1 Å². The molecule has 1 amide bonds. The number of carboxylic acid groups (broad SMARTS) is 1. The zero-order valence-corrected chi connectivity index (χ0v) is 13.1. The Kier molecular flexibility index (Phi) is 6.37. The molecule has 0 fully saturated rings. The number of aliphatic carboxylic acids is 1. The van der Waals surface area contributed by atoms with Gasteiger partial charge in [-0.2, -0.15) is 0 Å². The Balaban J connectivity index is 2.58. The lowest BCUT2D eigenvalue weighted by Gasteiger charge is -2.24. The van der Waals surface area contributed by atoms with Crippen LogP contribution >= 0.6 is 0 Å². The molecule has 0 saturated carbocycles. The second-order valence-corrected chi connectivity index (χ2v) is 6.05. The van der Waals surface area contributed by atoms with Gasteiger partial charge in [-0.05, 0) is 39.2 Å². The molecule has 0 aliphatic heterocycles. The van der Waals surface area contributed by atoms with E-state index in [1.54, 1.807) is 20.8 Å². The normalized spacial score (nSPS) is 14.0. The molecule has 2 atom stereocenters. The number of hydrogen-bond donors (Lipinski definition) is 3. The smallest absolute Gasteiger partial charge is 0.408 e. The van der Waals surface area contributed by atoms with Gasteiger partial charge in [-0.1, -0.05) is 30.3 Å². The van der Waals surface area contributed by atoms with Crippen LogP contribution in [0.25, 0.3) is 0 Å². The number of carboxylic acids is 1. The number of carbonyl (C=O) groups is 2. The van der Waals surface area contributed by atoms with E-state index in [9.17, 15) is 14.7 Å². The number of aryl methyl sites for hydroxylation is 1. The van der Waals surface area contributed by atoms with Crippen molar-refractivity contribution in [3.05, 3.63) is 35.9 Å². The van der Waals surface area contributed by atoms with Crippen molar-refractivity contribution in [1.82, 2.24) is 5.32 Å². The number of aliphatic hydroxyl groups excluding tert-OH is 1. The quantitative estimate of drug-likeness (QED) is 0.746. The Labute approximate surface area is 130 Å². The van der Waals surface area contributed by atoms with Crippen LogP contribution in [0, 0.1) is 0 Å². The summed E-state index contributed by atoms with van der Waals surface area (Å²) in [7, 11) is 0. The Morgan fingerprint density at radius 3 is 2.32 bits per heavy atom. The first-order valence-electron chi connectivity index (χ1n) is 7.13. The molecule has 0 aliphatic rings. The number of aliphatic hydroxyl groups is 1. The molecular formula is C16H23NO5. The van der Waals surface area contributed by atoms with Gasteiger partial charge in [0.1, 0.15) is 5.60 Å². The van der Waals surface area contributed by atoms with Crippen molar-refractivity contribution in [3.63, 3.8) is 0 Å². The monoisotopic (exact) mass is 309 g/mol. The number of ether oxygens (including phenoxy) is 1. The lowest BCUT2D eigenvalue weighted by atomic mass is 10.0. The van der Waals surface area contributed by atoms with E-state index in [0.29, 0.717) is 6.42 Å². The lowest BCUT2D eigenvalue weighted by molar-refractivity contribution is -0.142. The second kappa shape index (κ2) is 7.79. The predicted octanol–water partition coefficient (Wildman–Crippen LogP) is 1.96. The van der Waals surface area contributed by atoms with E-state index in [1.165, 1.54) is 0 Å². The van der Waals surface area contributed by atoms with Gasteiger partial charge < -0.3 is 20.3 Å². The van der Waals surface area contributed by atoms with Crippen LogP contribution in [0.1, 0.15) is 32.8 Å². The van der Waals surface area contributed by atoms with Gasteiger partial charge in [0.15, 0.2) is 6.04 Å². The van der Waals surface area contributed by atoms with Crippen LogP contribution in [0.5, 0.6) is 0 Å². The number of carbonyl (C=O) groups excluding carboxylic acids is 1. The minimum atomic E-state index is -1.40. The first-order valence-corrected chi connectivity index (χ1v) is 7.13. The fourth-order valence-electron chi connectivity index (χ4n) is 1.88. The highest BCUT2D eigenvalue weighted by molar-refractivity contribution is 5.80. The molecule has 0 bridgehead atoms.